The van der Waals surface area contributed by atoms with Gasteiger partial charge < -0.3 is 129 Å². The summed E-state index contributed by atoms with van der Waals surface area (Å²) in [6, 6.07) is 0. The standard InChI is InChI=1S/C50H84O26/c1-7-50(6,76-49-44(38(62)33(57)28(19-53)72-49)75-47-42(66)37(61)32(56)27(18-52)71-47)16-10-15-23(3)12-8-11-22(2)13-9-14-24(4)20-67-48-43(74-46-41(65)36(60)31(55)26(17-51)70-46)39(63)34(58)29(73-48)21-68-45-40(64)35(59)30(54)25(5)69-45/h7,11,14-15,25-49,51-66H,1,8-10,12-13,16-21H2,2-6H3/b22-11+,23-15+,24-14-/t25-,26+,27+,28+,29+,30-,31+,32+,33+,34+,35+,36-,37-,38-,39-,40+,41+,42+,43+,44+,45+,46-,47-,48+,49-,50+/m0/s1. The second-order valence-corrected chi connectivity index (χ2v) is 20.6. The molecule has 5 heterocycles. The molecule has 5 aliphatic rings. The molecule has 26 atom stereocenters. The van der Waals surface area contributed by atoms with Crippen molar-refractivity contribution < 1.29 is 129 Å². The molecule has 5 fully saturated rings. The third-order valence-electron chi connectivity index (χ3n) is 14.5. The molecule has 0 aliphatic carbocycles. The van der Waals surface area contributed by atoms with Crippen molar-refractivity contribution in [2.75, 3.05) is 33.0 Å². The van der Waals surface area contributed by atoms with Crippen LogP contribution in [0.25, 0.3) is 0 Å². The zero-order valence-corrected chi connectivity index (χ0v) is 43.5. The van der Waals surface area contributed by atoms with E-state index in [1.165, 1.54) is 13.0 Å². The Morgan fingerprint density at radius 2 is 0.868 bits per heavy atom. The fourth-order valence-corrected chi connectivity index (χ4v) is 9.28. The first kappa shape index (κ1) is 64.7. The smallest absolute Gasteiger partial charge is 0.188 e. The van der Waals surface area contributed by atoms with Gasteiger partial charge in [0.2, 0.25) is 0 Å². The van der Waals surface area contributed by atoms with Crippen molar-refractivity contribution in [2.45, 2.75) is 232 Å². The molecule has 0 unspecified atom stereocenters. The van der Waals surface area contributed by atoms with Crippen LogP contribution in [0.2, 0.25) is 0 Å². The second-order valence-electron chi connectivity index (χ2n) is 20.6. The lowest BCUT2D eigenvalue weighted by molar-refractivity contribution is -0.375. The Balaban J connectivity index is 1.13. The Labute approximate surface area is 441 Å². The van der Waals surface area contributed by atoms with Crippen LogP contribution in [0.1, 0.15) is 73.1 Å². The number of ether oxygens (including phenoxy) is 10. The molecule has 0 aromatic carbocycles. The molecule has 16 N–H and O–H groups in total. The fraction of sp³-hybridized carbons (Fsp3) is 0.840. The molecule has 0 bridgehead atoms. The van der Waals surface area contributed by atoms with Crippen molar-refractivity contribution in [2.24, 2.45) is 0 Å². The molecule has 440 valence electrons. The van der Waals surface area contributed by atoms with Crippen LogP contribution in [0.5, 0.6) is 0 Å². The minimum Gasteiger partial charge on any atom is -0.394 e. The summed E-state index contributed by atoms with van der Waals surface area (Å²) >= 11 is 0. The molecule has 5 saturated heterocycles. The largest absolute Gasteiger partial charge is 0.394 e. The van der Waals surface area contributed by atoms with Gasteiger partial charge in [0.25, 0.3) is 0 Å². The molecule has 0 amide bonds. The summed E-state index contributed by atoms with van der Waals surface area (Å²) < 4.78 is 57.8. The van der Waals surface area contributed by atoms with Crippen LogP contribution in [-0.2, 0) is 47.4 Å². The van der Waals surface area contributed by atoms with Crippen LogP contribution in [-0.4, -0.2) is 274 Å². The summed E-state index contributed by atoms with van der Waals surface area (Å²) in [5, 5.41) is 166. The molecule has 0 aromatic rings. The van der Waals surface area contributed by atoms with E-state index in [0.29, 0.717) is 25.7 Å². The van der Waals surface area contributed by atoms with Crippen LogP contribution in [0.4, 0.5) is 0 Å². The number of hydrogen-bond acceptors (Lipinski definition) is 26. The molecule has 5 rings (SSSR count). The molecule has 0 radical (unpaired) electrons. The first-order valence-corrected chi connectivity index (χ1v) is 25.7. The molecule has 0 aromatic heterocycles. The van der Waals surface area contributed by atoms with Crippen LogP contribution >= 0.6 is 0 Å². The van der Waals surface area contributed by atoms with Gasteiger partial charge in [-0.05, 0) is 73.1 Å². The number of rotatable bonds is 25. The minimum absolute atomic E-state index is 0.0806. The van der Waals surface area contributed by atoms with E-state index in [4.69, 9.17) is 47.4 Å². The average molecular weight is 1100 g/mol. The Bertz CT molecular complexity index is 1860. The van der Waals surface area contributed by atoms with Gasteiger partial charge in [0, 0.05) is 0 Å². The summed E-state index contributed by atoms with van der Waals surface area (Å²) in [6.07, 6.45) is -28.1. The third kappa shape index (κ3) is 16.3. The lowest BCUT2D eigenvalue weighted by Crippen LogP contribution is -2.65. The van der Waals surface area contributed by atoms with E-state index in [1.54, 1.807) is 13.8 Å². The van der Waals surface area contributed by atoms with Crippen molar-refractivity contribution in [1.29, 1.82) is 0 Å². The van der Waals surface area contributed by atoms with Gasteiger partial charge >= 0.3 is 0 Å². The summed E-state index contributed by atoms with van der Waals surface area (Å²) in [5.41, 5.74) is 1.81. The maximum atomic E-state index is 11.3. The van der Waals surface area contributed by atoms with Gasteiger partial charge in [-0.2, -0.15) is 0 Å². The lowest BCUT2D eigenvalue weighted by atomic mass is 9.95. The maximum Gasteiger partial charge on any atom is 0.188 e. The fourth-order valence-electron chi connectivity index (χ4n) is 9.28. The van der Waals surface area contributed by atoms with E-state index >= 15 is 0 Å². The Hall–Kier alpha value is -2.08. The minimum atomic E-state index is -1.86. The Morgan fingerprint density at radius 1 is 0.461 bits per heavy atom. The van der Waals surface area contributed by atoms with Crippen molar-refractivity contribution in [3.63, 3.8) is 0 Å². The van der Waals surface area contributed by atoms with E-state index in [1.807, 2.05) is 26.0 Å². The molecule has 26 heteroatoms. The SMILES string of the molecule is C=C[C@](C)(CC/C=C(\C)CC/C=C(\C)CC/C=C(/C)CO[C@@H]1O[C@H](CO[C@@H]2O[C@@H](C)[C@H](O)[C@@H](O)[C@H]2O)[C@@H](O)[C@H](O)[C@H]1O[C@@H]1O[C@H](CO)[C@@H](O)[C@H](O)[C@H]1O)O[C@@H]1O[C@H](CO)[C@@H](O)[C@H](O)[C@H]1O[C@@H]1O[C@H](CO)[C@@H](O)[C@H](O)[C@H]1O. The first-order valence-electron chi connectivity index (χ1n) is 25.7. The molecule has 0 saturated carbocycles. The molecule has 5 aliphatic heterocycles. The van der Waals surface area contributed by atoms with E-state index in [2.05, 4.69) is 12.7 Å². The van der Waals surface area contributed by atoms with Gasteiger partial charge in [-0.15, -0.1) is 6.58 Å². The summed E-state index contributed by atoms with van der Waals surface area (Å²) in [4.78, 5) is 0. The van der Waals surface area contributed by atoms with Crippen LogP contribution in [0.3, 0.4) is 0 Å². The van der Waals surface area contributed by atoms with Crippen LogP contribution < -0.4 is 0 Å². The zero-order chi connectivity index (χ0) is 56.3. The van der Waals surface area contributed by atoms with Gasteiger partial charge in [-0.1, -0.05) is 41.0 Å². The normalized spacial score (nSPS) is 43.9. The predicted molar refractivity (Wildman–Crippen MR) is 259 cm³/mol. The third-order valence-corrected chi connectivity index (χ3v) is 14.5. The number of aliphatic hydroxyl groups is 16. The first-order chi connectivity index (χ1) is 35.9. The topological polar surface area (TPSA) is 416 Å². The lowest BCUT2D eigenvalue weighted by Gasteiger charge is -2.47. The van der Waals surface area contributed by atoms with Crippen molar-refractivity contribution >= 4 is 0 Å². The zero-order valence-electron chi connectivity index (χ0n) is 43.5. The molecular weight excluding hydrogens is 1020 g/mol. The van der Waals surface area contributed by atoms with Gasteiger partial charge in [-0.3, -0.25) is 0 Å². The Kier molecular flexibility index (Phi) is 25.2. The molecule has 76 heavy (non-hydrogen) atoms. The predicted octanol–water partition coefficient (Wildman–Crippen LogP) is -4.76. The highest BCUT2D eigenvalue weighted by Crippen LogP contribution is 2.35. The van der Waals surface area contributed by atoms with Gasteiger partial charge in [-0.25, -0.2) is 0 Å². The highest BCUT2D eigenvalue weighted by molar-refractivity contribution is 5.08. The van der Waals surface area contributed by atoms with E-state index in [-0.39, 0.29) is 6.61 Å². The van der Waals surface area contributed by atoms with E-state index in [9.17, 15) is 81.7 Å². The molecule has 0 spiro atoms. The quantitative estimate of drug-likeness (QED) is 0.0382. The highest BCUT2D eigenvalue weighted by atomic mass is 16.8. The van der Waals surface area contributed by atoms with Gasteiger partial charge in [0.15, 0.2) is 31.5 Å². The van der Waals surface area contributed by atoms with Crippen LogP contribution in [0.15, 0.2) is 47.6 Å². The highest BCUT2D eigenvalue weighted by Gasteiger charge is 2.54. The monoisotopic (exact) mass is 1100 g/mol. The van der Waals surface area contributed by atoms with Crippen LogP contribution in [0, 0.1) is 0 Å². The second kappa shape index (κ2) is 29.6. The van der Waals surface area contributed by atoms with Crippen molar-refractivity contribution in [1.82, 2.24) is 0 Å². The molecule has 26 nitrogen and oxygen atoms in total. The Morgan fingerprint density at radius 3 is 1.37 bits per heavy atom. The summed E-state index contributed by atoms with van der Waals surface area (Å²) in [5.74, 6) is 0. The maximum absolute atomic E-state index is 11.3. The average Bonchev–Trinajstić information content (AvgIpc) is 3.39. The van der Waals surface area contributed by atoms with E-state index < -0.39 is 186 Å². The number of aliphatic hydroxyl groups excluding tert-OH is 16. The number of hydrogen-bond donors (Lipinski definition) is 16. The van der Waals surface area contributed by atoms with Gasteiger partial charge in [0.1, 0.15) is 116 Å². The summed E-state index contributed by atoms with van der Waals surface area (Å²) in [7, 11) is 0. The summed E-state index contributed by atoms with van der Waals surface area (Å²) in [6.45, 7) is 10.1. The molecular formula is C50H84O26. The van der Waals surface area contributed by atoms with Gasteiger partial charge in [0.05, 0.1) is 44.7 Å². The number of allylic oxidation sites excluding steroid dienone is 5. The van der Waals surface area contributed by atoms with Crippen molar-refractivity contribution in [3.05, 3.63) is 47.6 Å². The van der Waals surface area contributed by atoms with E-state index in [0.717, 1.165) is 29.6 Å². The van der Waals surface area contributed by atoms with Crippen molar-refractivity contribution in [3.8, 4) is 0 Å².